The predicted molar refractivity (Wildman–Crippen MR) is 144 cm³/mol. The van der Waals surface area contributed by atoms with Crippen LogP contribution < -0.4 is 5.73 Å². The van der Waals surface area contributed by atoms with Crippen LogP contribution in [-0.4, -0.2) is 59.6 Å². The summed E-state index contributed by atoms with van der Waals surface area (Å²) in [5.74, 6) is -0.130. The number of ether oxygens (including phenoxy) is 1. The lowest BCUT2D eigenvalue weighted by molar-refractivity contribution is 0.0575. The largest absolute Gasteiger partial charge is 0.450 e. The van der Waals surface area contributed by atoms with Gasteiger partial charge in [0.2, 0.25) is 0 Å². The summed E-state index contributed by atoms with van der Waals surface area (Å²) in [5.41, 5.74) is 12.1. The fraction of sp³-hybridized carbons (Fsp3) is 0.250. The quantitative estimate of drug-likeness (QED) is 0.403. The van der Waals surface area contributed by atoms with Crippen LogP contribution in [0.5, 0.6) is 0 Å². The van der Waals surface area contributed by atoms with Crippen LogP contribution >= 0.6 is 11.3 Å². The molecule has 184 valence electrons. The molecule has 8 heteroatoms. The van der Waals surface area contributed by atoms with Gasteiger partial charge in [0.05, 0.1) is 18.0 Å². The molecule has 0 saturated carbocycles. The standard InChI is InChI=1S/C28H28N4O3S/c1-3-35-28(34)32-15-13-31(14-16-32)27(33)25-24(29)23-21(19-11-9-18(2)10-12-19)17-22(30-26(23)36-25)20-7-5-4-6-8-20/h4-12,17H,3,13-16,29H2,1-2H3. The number of hydrogen-bond donors (Lipinski definition) is 1. The van der Waals surface area contributed by atoms with E-state index < -0.39 is 0 Å². The van der Waals surface area contributed by atoms with Gasteiger partial charge in [-0.05, 0) is 31.0 Å². The Balaban J connectivity index is 1.54. The minimum atomic E-state index is -0.341. The lowest BCUT2D eigenvalue weighted by atomic mass is 9.98. The minimum absolute atomic E-state index is 0.130. The second-order valence-electron chi connectivity index (χ2n) is 8.79. The number of rotatable bonds is 4. The van der Waals surface area contributed by atoms with Crippen molar-refractivity contribution in [1.82, 2.24) is 14.8 Å². The van der Waals surface area contributed by atoms with Gasteiger partial charge in [-0.15, -0.1) is 11.3 Å². The Bertz CT molecular complexity index is 1410. The zero-order valence-electron chi connectivity index (χ0n) is 20.4. The molecule has 2 aromatic carbocycles. The van der Waals surface area contributed by atoms with Crippen LogP contribution in [0.3, 0.4) is 0 Å². The highest BCUT2D eigenvalue weighted by molar-refractivity contribution is 7.21. The average Bonchev–Trinajstić information content (AvgIpc) is 3.25. The first-order chi connectivity index (χ1) is 17.5. The highest BCUT2D eigenvalue weighted by atomic mass is 32.1. The fourth-order valence-electron chi connectivity index (χ4n) is 4.45. The molecule has 4 aromatic rings. The smallest absolute Gasteiger partial charge is 0.409 e. The lowest BCUT2D eigenvalue weighted by Crippen LogP contribution is -2.50. The van der Waals surface area contributed by atoms with E-state index in [1.807, 2.05) is 30.3 Å². The topological polar surface area (TPSA) is 88.8 Å². The Hall–Kier alpha value is -3.91. The van der Waals surface area contributed by atoms with Gasteiger partial charge in [0.15, 0.2) is 0 Å². The van der Waals surface area contributed by atoms with Crippen LogP contribution in [0, 0.1) is 6.92 Å². The fourth-order valence-corrected chi connectivity index (χ4v) is 5.54. The van der Waals surface area contributed by atoms with Crippen molar-refractivity contribution in [3.63, 3.8) is 0 Å². The van der Waals surface area contributed by atoms with Crippen molar-refractivity contribution in [2.45, 2.75) is 13.8 Å². The number of fused-ring (bicyclic) bond motifs is 1. The van der Waals surface area contributed by atoms with Crippen LogP contribution in [0.1, 0.15) is 22.2 Å². The molecule has 1 aliphatic rings. The van der Waals surface area contributed by atoms with Crippen LogP contribution in [0.15, 0.2) is 60.7 Å². The number of carbonyl (C=O) groups excluding carboxylic acids is 2. The van der Waals surface area contributed by atoms with Gasteiger partial charge in [0.1, 0.15) is 9.71 Å². The molecule has 7 nitrogen and oxygen atoms in total. The molecular formula is C28H28N4O3S. The maximum absolute atomic E-state index is 13.5. The number of piperazine rings is 1. The molecule has 0 bridgehead atoms. The Kier molecular flexibility index (Phi) is 6.61. The Morgan fingerprint density at radius 2 is 1.64 bits per heavy atom. The number of anilines is 1. The molecule has 0 aliphatic carbocycles. The maximum atomic E-state index is 13.5. The first-order valence-corrected chi connectivity index (χ1v) is 12.8. The molecule has 2 amide bonds. The second kappa shape index (κ2) is 9.99. The zero-order valence-corrected chi connectivity index (χ0v) is 21.2. The van der Waals surface area contributed by atoms with Gasteiger partial charge in [0, 0.05) is 37.1 Å². The van der Waals surface area contributed by atoms with E-state index in [-0.39, 0.29) is 12.0 Å². The molecule has 2 N–H and O–H groups in total. The number of nitrogens with two attached hydrogens (primary N) is 1. The SMILES string of the molecule is CCOC(=O)N1CCN(C(=O)c2sc3nc(-c4ccccc4)cc(-c4ccc(C)cc4)c3c2N)CC1. The highest BCUT2D eigenvalue weighted by Crippen LogP contribution is 2.41. The van der Waals surface area contributed by atoms with Crippen LogP contribution in [0.4, 0.5) is 10.5 Å². The maximum Gasteiger partial charge on any atom is 0.409 e. The molecule has 3 heterocycles. The molecule has 2 aromatic heterocycles. The lowest BCUT2D eigenvalue weighted by Gasteiger charge is -2.33. The van der Waals surface area contributed by atoms with Crippen molar-refractivity contribution in [3.8, 4) is 22.4 Å². The number of pyridine rings is 1. The predicted octanol–water partition coefficient (Wildman–Crippen LogP) is 5.44. The second-order valence-corrected chi connectivity index (χ2v) is 9.79. The number of benzene rings is 2. The number of hydrogen-bond acceptors (Lipinski definition) is 6. The van der Waals surface area contributed by atoms with Crippen molar-refractivity contribution in [1.29, 1.82) is 0 Å². The number of thiophene rings is 1. The van der Waals surface area contributed by atoms with E-state index in [2.05, 4.69) is 37.3 Å². The normalized spacial score (nSPS) is 13.7. The number of aromatic nitrogens is 1. The van der Waals surface area contributed by atoms with E-state index in [1.54, 1.807) is 16.7 Å². The Morgan fingerprint density at radius 3 is 2.31 bits per heavy atom. The highest BCUT2D eigenvalue weighted by Gasteiger charge is 2.29. The van der Waals surface area contributed by atoms with Crippen LogP contribution in [0.2, 0.25) is 0 Å². The molecule has 0 spiro atoms. The molecule has 1 saturated heterocycles. The van der Waals surface area contributed by atoms with Gasteiger partial charge < -0.3 is 20.3 Å². The van der Waals surface area contributed by atoms with Crippen molar-refractivity contribution in [3.05, 3.63) is 71.1 Å². The van der Waals surface area contributed by atoms with Gasteiger partial charge in [0.25, 0.3) is 5.91 Å². The first-order valence-electron chi connectivity index (χ1n) is 12.0. The summed E-state index contributed by atoms with van der Waals surface area (Å²) >= 11 is 1.33. The van der Waals surface area contributed by atoms with Crippen molar-refractivity contribution in [2.24, 2.45) is 0 Å². The van der Waals surface area contributed by atoms with E-state index in [0.717, 1.165) is 32.6 Å². The zero-order chi connectivity index (χ0) is 25.2. The molecule has 1 fully saturated rings. The molecule has 0 radical (unpaired) electrons. The van der Waals surface area contributed by atoms with E-state index in [4.69, 9.17) is 15.5 Å². The number of carbonyl (C=O) groups is 2. The average molecular weight is 501 g/mol. The summed E-state index contributed by atoms with van der Waals surface area (Å²) in [6.45, 7) is 5.89. The molecule has 36 heavy (non-hydrogen) atoms. The van der Waals surface area contributed by atoms with Crippen LogP contribution in [0.25, 0.3) is 32.6 Å². The summed E-state index contributed by atoms with van der Waals surface area (Å²) in [7, 11) is 0. The van der Waals surface area contributed by atoms with Crippen molar-refractivity contribution >= 4 is 39.2 Å². The monoisotopic (exact) mass is 500 g/mol. The summed E-state index contributed by atoms with van der Waals surface area (Å²) in [6.07, 6.45) is -0.341. The number of nitrogens with zero attached hydrogens (tertiary/aromatic N) is 3. The first kappa shape index (κ1) is 23.8. The summed E-state index contributed by atoms with van der Waals surface area (Å²) in [6, 6.07) is 20.3. The van der Waals surface area contributed by atoms with Gasteiger partial charge in [-0.3, -0.25) is 4.79 Å². The van der Waals surface area contributed by atoms with Crippen LogP contribution in [-0.2, 0) is 4.74 Å². The number of nitrogen functional groups attached to an aromatic ring is 1. The van der Waals surface area contributed by atoms with E-state index >= 15 is 0 Å². The van der Waals surface area contributed by atoms with Crippen molar-refractivity contribution < 1.29 is 14.3 Å². The summed E-state index contributed by atoms with van der Waals surface area (Å²) < 4.78 is 5.09. The number of amides is 2. The van der Waals surface area contributed by atoms with E-state index in [9.17, 15) is 9.59 Å². The molecule has 0 unspecified atom stereocenters. The minimum Gasteiger partial charge on any atom is -0.450 e. The van der Waals surface area contributed by atoms with Gasteiger partial charge >= 0.3 is 6.09 Å². The van der Waals surface area contributed by atoms with Crippen molar-refractivity contribution in [2.75, 3.05) is 38.5 Å². The number of aryl methyl sites for hydroxylation is 1. The van der Waals surface area contributed by atoms with Gasteiger partial charge in [-0.25, -0.2) is 9.78 Å². The van der Waals surface area contributed by atoms with E-state index in [1.165, 1.54) is 16.9 Å². The molecule has 0 atom stereocenters. The van der Waals surface area contributed by atoms with Gasteiger partial charge in [-0.2, -0.15) is 0 Å². The van der Waals surface area contributed by atoms with E-state index in [0.29, 0.717) is 43.4 Å². The molecular weight excluding hydrogens is 472 g/mol. The Labute approximate surface area is 214 Å². The molecule has 1 aliphatic heterocycles. The Morgan fingerprint density at radius 1 is 0.972 bits per heavy atom. The third-order valence-electron chi connectivity index (χ3n) is 6.42. The molecule has 5 rings (SSSR count). The third-order valence-corrected chi connectivity index (χ3v) is 7.51. The third kappa shape index (κ3) is 4.52. The van der Waals surface area contributed by atoms with Gasteiger partial charge in [-0.1, -0.05) is 60.2 Å². The summed E-state index contributed by atoms with van der Waals surface area (Å²) in [4.78, 5) is 35.1. The summed E-state index contributed by atoms with van der Waals surface area (Å²) in [5, 5.41) is 0.803.